The van der Waals surface area contributed by atoms with Crippen LogP contribution < -0.4 is 21.5 Å². The molecular formula is C8H14Br2N2. The number of rotatable bonds is 3. The quantitative estimate of drug-likeness (QED) is 0.500. The van der Waals surface area contributed by atoms with Gasteiger partial charge in [-0.05, 0) is 22.4 Å². The van der Waals surface area contributed by atoms with Gasteiger partial charge in [0.25, 0.3) is 0 Å². The van der Waals surface area contributed by atoms with Crippen LogP contribution in [0.25, 0.3) is 0 Å². The monoisotopic (exact) mass is 296 g/mol. The van der Waals surface area contributed by atoms with Crippen molar-refractivity contribution in [2.24, 2.45) is 7.05 Å². The van der Waals surface area contributed by atoms with Crippen LogP contribution in [0.3, 0.4) is 0 Å². The molecule has 0 radical (unpaired) electrons. The Kier molecular flexibility index (Phi) is 5.84. The molecule has 0 aliphatic carbocycles. The van der Waals surface area contributed by atoms with Crippen LogP contribution in [0, 0.1) is 0 Å². The SMILES string of the molecule is CCCC(Br)n1cc[n+](C)c1.[Br-]. The normalized spacial score (nSPS) is 12.2. The smallest absolute Gasteiger partial charge is 0.244 e. The van der Waals surface area contributed by atoms with Gasteiger partial charge in [-0.1, -0.05) is 13.3 Å². The molecule has 12 heavy (non-hydrogen) atoms. The summed E-state index contributed by atoms with van der Waals surface area (Å²) in [7, 11) is 2.03. The second-order valence-electron chi connectivity index (χ2n) is 2.75. The summed E-state index contributed by atoms with van der Waals surface area (Å²) >= 11 is 3.61. The number of alkyl halides is 1. The van der Waals surface area contributed by atoms with E-state index in [1.54, 1.807) is 0 Å². The van der Waals surface area contributed by atoms with E-state index in [1.807, 2.05) is 17.8 Å². The van der Waals surface area contributed by atoms with Gasteiger partial charge in [-0.15, -0.1) is 0 Å². The van der Waals surface area contributed by atoms with Crippen LogP contribution in [0.2, 0.25) is 0 Å². The largest absolute Gasteiger partial charge is 1.00 e. The summed E-state index contributed by atoms with van der Waals surface area (Å²) < 4.78 is 4.22. The zero-order valence-corrected chi connectivity index (χ0v) is 10.5. The van der Waals surface area contributed by atoms with Crippen molar-refractivity contribution in [1.29, 1.82) is 0 Å². The van der Waals surface area contributed by atoms with Crippen molar-refractivity contribution in [3.63, 3.8) is 0 Å². The summed E-state index contributed by atoms with van der Waals surface area (Å²) in [6.45, 7) is 2.19. The fourth-order valence-electron chi connectivity index (χ4n) is 1.02. The maximum atomic E-state index is 3.61. The summed E-state index contributed by atoms with van der Waals surface area (Å²) in [5, 5.41) is 0. The van der Waals surface area contributed by atoms with Crippen molar-refractivity contribution in [3.05, 3.63) is 18.7 Å². The van der Waals surface area contributed by atoms with Gasteiger partial charge in [-0.25, -0.2) is 9.13 Å². The molecule has 70 valence electrons. The lowest BCUT2D eigenvalue weighted by Gasteiger charge is -2.02. The number of aryl methyl sites for hydroxylation is 1. The zero-order chi connectivity index (χ0) is 8.27. The van der Waals surface area contributed by atoms with E-state index in [4.69, 9.17) is 0 Å². The van der Waals surface area contributed by atoms with Crippen molar-refractivity contribution >= 4 is 15.9 Å². The summed E-state index contributed by atoms with van der Waals surface area (Å²) in [4.78, 5) is 0.452. The first-order chi connectivity index (χ1) is 5.24. The summed E-state index contributed by atoms with van der Waals surface area (Å²) in [5.74, 6) is 0. The Morgan fingerprint density at radius 3 is 2.67 bits per heavy atom. The van der Waals surface area contributed by atoms with E-state index in [-0.39, 0.29) is 17.0 Å². The minimum absolute atomic E-state index is 0. The highest BCUT2D eigenvalue weighted by molar-refractivity contribution is 9.09. The molecule has 1 aromatic heterocycles. The molecule has 0 fully saturated rings. The zero-order valence-electron chi connectivity index (χ0n) is 7.37. The van der Waals surface area contributed by atoms with Gasteiger partial charge >= 0.3 is 0 Å². The van der Waals surface area contributed by atoms with Crippen molar-refractivity contribution in [3.8, 4) is 0 Å². The predicted octanol–water partition coefficient (Wildman–Crippen LogP) is -0.990. The fraction of sp³-hybridized carbons (Fsp3) is 0.625. The second-order valence-corrected chi connectivity index (χ2v) is 3.81. The topological polar surface area (TPSA) is 8.81 Å². The molecule has 0 bridgehead atoms. The number of aromatic nitrogens is 2. The number of hydrogen-bond donors (Lipinski definition) is 0. The molecule has 4 heteroatoms. The van der Waals surface area contributed by atoms with E-state index >= 15 is 0 Å². The average molecular weight is 298 g/mol. The van der Waals surface area contributed by atoms with E-state index in [2.05, 4.69) is 39.9 Å². The molecule has 0 amide bonds. The first-order valence-corrected chi connectivity index (χ1v) is 4.82. The number of hydrogen-bond acceptors (Lipinski definition) is 0. The summed E-state index contributed by atoms with van der Waals surface area (Å²) in [5.41, 5.74) is 0. The van der Waals surface area contributed by atoms with Gasteiger partial charge in [0, 0.05) is 0 Å². The second kappa shape index (κ2) is 5.75. The first-order valence-electron chi connectivity index (χ1n) is 3.91. The Morgan fingerprint density at radius 1 is 1.58 bits per heavy atom. The molecule has 0 saturated heterocycles. The Hall–Kier alpha value is 0.170. The third kappa shape index (κ3) is 3.27. The minimum Gasteiger partial charge on any atom is -1.00 e. The lowest BCUT2D eigenvalue weighted by Crippen LogP contribution is -3.00. The first kappa shape index (κ1) is 12.2. The van der Waals surface area contributed by atoms with E-state index in [0.717, 1.165) is 0 Å². The third-order valence-corrected chi connectivity index (χ3v) is 2.57. The lowest BCUT2D eigenvalue weighted by molar-refractivity contribution is -0.671. The van der Waals surface area contributed by atoms with Gasteiger partial charge in [0.2, 0.25) is 6.33 Å². The van der Waals surface area contributed by atoms with Crippen LogP contribution in [0.4, 0.5) is 0 Å². The third-order valence-electron chi connectivity index (χ3n) is 1.64. The van der Waals surface area contributed by atoms with Crippen LogP contribution in [0.1, 0.15) is 24.7 Å². The summed E-state index contributed by atoms with van der Waals surface area (Å²) in [6, 6.07) is 0. The Balaban J connectivity index is 0.00000121. The van der Waals surface area contributed by atoms with Crippen LogP contribution in [-0.4, -0.2) is 4.57 Å². The molecule has 0 aliphatic heterocycles. The molecule has 0 spiro atoms. The molecule has 0 N–H and O–H groups in total. The highest BCUT2D eigenvalue weighted by Crippen LogP contribution is 2.19. The van der Waals surface area contributed by atoms with Crippen molar-refractivity contribution in [2.75, 3.05) is 0 Å². The standard InChI is InChI=1S/C8H14BrN2.BrH/c1-3-4-8(9)11-6-5-10(2)7-11;/h5-8H,3-4H2,1-2H3;1H/q+1;/p-1. The van der Waals surface area contributed by atoms with Crippen molar-refractivity contribution < 1.29 is 21.5 Å². The highest BCUT2D eigenvalue weighted by atomic mass is 79.9. The molecule has 1 atom stereocenters. The van der Waals surface area contributed by atoms with Gasteiger partial charge in [0.05, 0.1) is 7.05 Å². The fourth-order valence-corrected chi connectivity index (χ4v) is 1.72. The number of nitrogens with zero attached hydrogens (tertiary/aromatic N) is 2. The maximum absolute atomic E-state index is 3.61. The molecule has 1 heterocycles. The molecule has 1 unspecified atom stereocenters. The van der Waals surface area contributed by atoms with Crippen molar-refractivity contribution in [1.82, 2.24) is 4.57 Å². The minimum atomic E-state index is 0. The lowest BCUT2D eigenvalue weighted by atomic mass is 10.3. The van der Waals surface area contributed by atoms with Gasteiger partial charge in [-0.3, -0.25) is 0 Å². The Bertz CT molecular complexity index is 223. The molecule has 2 nitrogen and oxygen atoms in total. The van der Waals surface area contributed by atoms with Gasteiger partial charge in [-0.2, -0.15) is 0 Å². The predicted molar refractivity (Wildman–Crippen MR) is 48.5 cm³/mol. The molecule has 0 saturated carbocycles. The van der Waals surface area contributed by atoms with Crippen LogP contribution in [0.5, 0.6) is 0 Å². The van der Waals surface area contributed by atoms with Crippen LogP contribution in [0.15, 0.2) is 18.7 Å². The summed E-state index contributed by atoms with van der Waals surface area (Å²) in [6.07, 6.45) is 8.58. The average Bonchev–Trinajstić information content (AvgIpc) is 2.36. The Labute approximate surface area is 92.5 Å². The number of imidazole rings is 1. The van der Waals surface area contributed by atoms with Gasteiger partial charge in [0.1, 0.15) is 12.4 Å². The molecule has 0 aliphatic rings. The van der Waals surface area contributed by atoms with Crippen LogP contribution >= 0.6 is 15.9 Å². The van der Waals surface area contributed by atoms with E-state index in [9.17, 15) is 0 Å². The van der Waals surface area contributed by atoms with Gasteiger partial charge in [0.15, 0.2) is 4.95 Å². The van der Waals surface area contributed by atoms with Crippen LogP contribution in [-0.2, 0) is 7.05 Å². The number of halogens is 2. The van der Waals surface area contributed by atoms with E-state index in [1.165, 1.54) is 12.8 Å². The van der Waals surface area contributed by atoms with Crippen molar-refractivity contribution in [2.45, 2.75) is 24.7 Å². The molecule has 1 aromatic rings. The van der Waals surface area contributed by atoms with E-state index in [0.29, 0.717) is 4.95 Å². The molecular weight excluding hydrogens is 284 g/mol. The maximum Gasteiger partial charge on any atom is 0.244 e. The highest BCUT2D eigenvalue weighted by Gasteiger charge is 2.09. The van der Waals surface area contributed by atoms with Gasteiger partial charge < -0.3 is 17.0 Å². The molecule has 1 rings (SSSR count). The Morgan fingerprint density at radius 2 is 2.25 bits per heavy atom. The molecule has 0 aromatic carbocycles. The van der Waals surface area contributed by atoms with E-state index < -0.39 is 0 Å².